The van der Waals surface area contributed by atoms with Gasteiger partial charge in [-0.3, -0.25) is 14.7 Å². The number of pyridine rings is 2. The highest BCUT2D eigenvalue weighted by Gasteiger charge is 2.48. The number of amides is 2. The Bertz CT molecular complexity index is 1650. The average molecular weight is 723 g/mol. The van der Waals surface area contributed by atoms with Crippen LogP contribution in [0.5, 0.6) is 0 Å². The van der Waals surface area contributed by atoms with Gasteiger partial charge in [-0.25, -0.2) is 14.6 Å². The van der Waals surface area contributed by atoms with E-state index in [1.807, 2.05) is 56.0 Å². The van der Waals surface area contributed by atoms with Gasteiger partial charge in [0, 0.05) is 49.4 Å². The van der Waals surface area contributed by atoms with E-state index in [9.17, 15) is 14.4 Å². The number of halogens is 1. The number of methoxy groups -OCH3 is 1. The summed E-state index contributed by atoms with van der Waals surface area (Å²) in [5.41, 5.74) is 2.75. The van der Waals surface area contributed by atoms with Gasteiger partial charge in [-0.1, -0.05) is 50.6 Å². The lowest BCUT2D eigenvalue weighted by Gasteiger charge is -2.43. The molecule has 1 aliphatic heterocycles. The topological polar surface area (TPSA) is 111 Å². The molecule has 0 spiro atoms. The first-order valence-electron chi connectivity index (χ1n) is 17.0. The van der Waals surface area contributed by atoms with E-state index in [0.29, 0.717) is 28.3 Å². The Morgan fingerprint density at radius 3 is 2.22 bits per heavy atom. The van der Waals surface area contributed by atoms with Crippen LogP contribution in [0.15, 0.2) is 61.1 Å². The number of rotatable bonds is 10. The van der Waals surface area contributed by atoms with Crippen LogP contribution in [-0.4, -0.2) is 77.9 Å². The van der Waals surface area contributed by atoms with E-state index in [2.05, 4.69) is 43.8 Å². The summed E-state index contributed by atoms with van der Waals surface area (Å²) in [7, 11) is 0.720. The van der Waals surface area contributed by atoms with Gasteiger partial charge in [-0.15, -0.1) is 0 Å². The van der Waals surface area contributed by atoms with Crippen molar-refractivity contribution >= 4 is 37.9 Å². The van der Waals surface area contributed by atoms with Gasteiger partial charge in [0.05, 0.1) is 24.8 Å². The number of esters is 1. The maximum Gasteiger partial charge on any atom is 0.410 e. The summed E-state index contributed by atoms with van der Waals surface area (Å²) in [4.78, 5) is 51.2. The van der Waals surface area contributed by atoms with Crippen LogP contribution in [0.3, 0.4) is 0 Å². The molecule has 0 bridgehead atoms. The molecular formula is C38H51ClN4O6Si. The van der Waals surface area contributed by atoms with Gasteiger partial charge in [-0.2, -0.15) is 0 Å². The van der Waals surface area contributed by atoms with Gasteiger partial charge in [-0.05, 0) is 93.6 Å². The minimum Gasteiger partial charge on any atom is -0.465 e. The second-order valence-corrected chi connectivity index (χ2v) is 20.7. The average Bonchev–Trinajstić information content (AvgIpc) is 3.45. The Hall–Kier alpha value is -3.80. The molecule has 1 aliphatic rings. The molecule has 4 rings (SSSR count). The molecule has 3 atom stereocenters. The van der Waals surface area contributed by atoms with Crippen LogP contribution in [0, 0.1) is 0 Å². The normalized spacial score (nSPS) is 17.3. The van der Waals surface area contributed by atoms with Crippen molar-refractivity contribution in [3.63, 3.8) is 0 Å². The van der Waals surface area contributed by atoms with Crippen molar-refractivity contribution in [3.05, 3.63) is 94.0 Å². The molecule has 0 aliphatic carbocycles. The molecule has 1 saturated heterocycles. The predicted octanol–water partition coefficient (Wildman–Crippen LogP) is 8.26. The van der Waals surface area contributed by atoms with Crippen molar-refractivity contribution in [1.82, 2.24) is 19.8 Å². The number of ether oxygens (including phenoxy) is 2. The monoisotopic (exact) mass is 722 g/mol. The van der Waals surface area contributed by atoms with Crippen LogP contribution in [0.25, 0.3) is 0 Å². The molecule has 3 heterocycles. The predicted molar refractivity (Wildman–Crippen MR) is 197 cm³/mol. The molecule has 0 radical (unpaired) electrons. The maximum atomic E-state index is 14.0. The summed E-state index contributed by atoms with van der Waals surface area (Å²) < 4.78 is 17.9. The van der Waals surface area contributed by atoms with Gasteiger partial charge in [0.15, 0.2) is 8.32 Å². The molecule has 270 valence electrons. The molecule has 2 aromatic heterocycles. The number of likely N-dealkylation sites (tertiary alicyclic amines) is 1. The maximum absolute atomic E-state index is 14.0. The second-order valence-electron chi connectivity index (χ2n) is 15.5. The SMILES string of the molecule is COC(=O)c1cncc(CN(C)C(=O)c2ccc(CC3CCC(C(O[Si](C)(C)C(C)(C)C)c4ccc(Cl)nc4)N3C(=O)OC(C)(C)C)cc2)c1. The van der Waals surface area contributed by atoms with E-state index in [1.54, 1.807) is 36.5 Å². The van der Waals surface area contributed by atoms with Crippen LogP contribution in [-0.2, 0) is 26.9 Å². The van der Waals surface area contributed by atoms with E-state index >= 15 is 0 Å². The van der Waals surface area contributed by atoms with E-state index in [0.717, 1.165) is 24.0 Å². The fourth-order valence-corrected chi connectivity index (χ4v) is 7.25. The van der Waals surface area contributed by atoms with Gasteiger partial charge in [0.2, 0.25) is 0 Å². The van der Waals surface area contributed by atoms with Crippen molar-refractivity contribution in [2.45, 2.75) is 109 Å². The minimum atomic E-state index is -2.30. The molecule has 1 aromatic carbocycles. The molecule has 10 nitrogen and oxygen atoms in total. The summed E-state index contributed by atoms with van der Waals surface area (Å²) >= 11 is 6.18. The number of carbonyl (C=O) groups is 3. The van der Waals surface area contributed by atoms with Crippen LogP contribution in [0.4, 0.5) is 4.79 Å². The van der Waals surface area contributed by atoms with Crippen molar-refractivity contribution in [2.24, 2.45) is 0 Å². The summed E-state index contributed by atoms with van der Waals surface area (Å²) in [6, 6.07) is 12.4. The Morgan fingerprint density at radius 2 is 1.64 bits per heavy atom. The molecule has 0 N–H and O–H groups in total. The fourth-order valence-electron chi connectivity index (χ4n) is 5.85. The highest BCUT2D eigenvalue weighted by atomic mass is 35.5. The lowest BCUT2D eigenvalue weighted by Crippen LogP contribution is -2.50. The lowest BCUT2D eigenvalue weighted by molar-refractivity contribution is -0.00245. The number of benzene rings is 1. The van der Waals surface area contributed by atoms with Gasteiger partial charge < -0.3 is 18.8 Å². The zero-order valence-electron chi connectivity index (χ0n) is 31.0. The molecule has 12 heteroatoms. The summed E-state index contributed by atoms with van der Waals surface area (Å²) in [5, 5.41) is 0.336. The fraction of sp³-hybridized carbons (Fsp3) is 0.500. The van der Waals surface area contributed by atoms with Crippen LogP contribution < -0.4 is 0 Å². The van der Waals surface area contributed by atoms with Crippen molar-refractivity contribution < 1.29 is 28.3 Å². The standard InChI is InChI=1S/C38H51ClN4O6Si/c1-37(2,3)48-36(46)43-30(16-17-31(43)33(28-15-18-32(39)41-23-28)49-50(9,10)38(4,5)6)20-25-11-13-27(14-12-25)34(44)42(7)24-26-19-29(22-40-21-26)35(45)47-8/h11-15,18-19,21-23,30-31,33H,16-17,20,24H2,1-10H3. The third-order valence-corrected chi connectivity index (χ3v) is 14.1. The second kappa shape index (κ2) is 15.6. The van der Waals surface area contributed by atoms with E-state index in [-0.39, 0.29) is 35.7 Å². The quantitative estimate of drug-likeness (QED) is 0.117. The molecule has 1 fully saturated rings. The summed E-state index contributed by atoms with van der Waals surface area (Å²) in [6.07, 6.45) is 6.06. The van der Waals surface area contributed by atoms with E-state index in [1.165, 1.54) is 13.3 Å². The van der Waals surface area contributed by atoms with Crippen LogP contribution >= 0.6 is 11.6 Å². The van der Waals surface area contributed by atoms with Gasteiger partial charge in [0.25, 0.3) is 5.91 Å². The molecule has 0 saturated carbocycles. The zero-order chi connectivity index (χ0) is 37.0. The first-order valence-corrected chi connectivity index (χ1v) is 20.3. The smallest absolute Gasteiger partial charge is 0.410 e. The molecule has 3 unspecified atom stereocenters. The number of carbonyl (C=O) groups excluding carboxylic acids is 3. The number of nitrogens with zero attached hydrogens (tertiary/aromatic N) is 4. The highest BCUT2D eigenvalue weighted by molar-refractivity contribution is 6.74. The molecule has 2 amide bonds. The third kappa shape index (κ3) is 9.70. The Kier molecular flexibility index (Phi) is 12.2. The molecule has 50 heavy (non-hydrogen) atoms. The van der Waals surface area contributed by atoms with Crippen molar-refractivity contribution in [3.8, 4) is 0 Å². The van der Waals surface area contributed by atoms with Crippen LogP contribution in [0.2, 0.25) is 23.3 Å². The zero-order valence-corrected chi connectivity index (χ0v) is 32.7. The largest absolute Gasteiger partial charge is 0.465 e. The number of aromatic nitrogens is 2. The first-order chi connectivity index (χ1) is 23.3. The Balaban J connectivity index is 1.57. The number of hydrogen-bond donors (Lipinski definition) is 0. The third-order valence-electron chi connectivity index (χ3n) is 9.46. The lowest BCUT2D eigenvalue weighted by atomic mass is 10.0. The minimum absolute atomic E-state index is 0.0584. The number of hydrogen-bond acceptors (Lipinski definition) is 8. The van der Waals surface area contributed by atoms with E-state index in [4.69, 9.17) is 25.5 Å². The van der Waals surface area contributed by atoms with Crippen molar-refractivity contribution in [1.29, 1.82) is 0 Å². The highest BCUT2D eigenvalue weighted by Crippen LogP contribution is 2.44. The van der Waals surface area contributed by atoms with E-state index < -0.39 is 26.0 Å². The Labute approximate surface area is 302 Å². The van der Waals surface area contributed by atoms with Crippen molar-refractivity contribution in [2.75, 3.05) is 14.2 Å². The molecular weight excluding hydrogens is 672 g/mol. The Morgan fingerprint density at radius 1 is 0.960 bits per heavy atom. The van der Waals surface area contributed by atoms with Gasteiger partial charge >= 0.3 is 12.1 Å². The summed E-state index contributed by atoms with van der Waals surface area (Å²) in [6.45, 7) is 16.9. The summed E-state index contributed by atoms with van der Waals surface area (Å²) in [5.74, 6) is -0.651. The molecule has 3 aromatic rings. The first kappa shape index (κ1) is 39.0. The van der Waals surface area contributed by atoms with Gasteiger partial charge in [0.1, 0.15) is 10.8 Å². The van der Waals surface area contributed by atoms with Crippen LogP contribution in [0.1, 0.15) is 97.9 Å².